The van der Waals surface area contributed by atoms with Crippen molar-refractivity contribution >= 4 is 0 Å². The molecule has 7 nitrogen and oxygen atoms in total. The van der Waals surface area contributed by atoms with Gasteiger partial charge in [-0.15, -0.1) is 0 Å². The molecule has 21 heavy (non-hydrogen) atoms. The first-order valence-corrected chi connectivity index (χ1v) is 7.12. The Kier molecular flexibility index (Phi) is 7.75. The molecule has 1 aliphatic rings. The van der Waals surface area contributed by atoms with E-state index in [1.54, 1.807) is 6.92 Å². The van der Waals surface area contributed by atoms with E-state index in [4.69, 9.17) is 19.7 Å². The van der Waals surface area contributed by atoms with Crippen molar-refractivity contribution in [3.8, 4) is 0 Å². The van der Waals surface area contributed by atoms with Gasteiger partial charge in [0.25, 0.3) is 0 Å². The number of hydrogen-bond donors (Lipinski definition) is 5. The Bertz CT molecular complexity index is 329. The number of allylic oxidation sites excluding steroid dienone is 1. The van der Waals surface area contributed by atoms with Crippen LogP contribution >= 0.6 is 0 Å². The van der Waals surface area contributed by atoms with E-state index in [0.717, 1.165) is 5.57 Å². The highest BCUT2D eigenvalue weighted by atomic mass is 16.7. The third-order valence-electron chi connectivity index (χ3n) is 3.40. The summed E-state index contributed by atoms with van der Waals surface area (Å²) < 4.78 is 10.6. The summed E-state index contributed by atoms with van der Waals surface area (Å²) in [6, 6.07) is 0. The highest BCUT2D eigenvalue weighted by molar-refractivity contribution is 4.99. The summed E-state index contributed by atoms with van der Waals surface area (Å²) in [6.07, 6.45) is -3.36. The maximum Gasteiger partial charge on any atom is 0.187 e. The lowest BCUT2D eigenvalue weighted by atomic mass is 9.99. The van der Waals surface area contributed by atoms with Crippen molar-refractivity contribution < 1.29 is 35.0 Å². The lowest BCUT2D eigenvalue weighted by Gasteiger charge is -2.39. The Labute approximate surface area is 124 Å². The lowest BCUT2D eigenvalue weighted by molar-refractivity contribution is -0.299. The van der Waals surface area contributed by atoms with Gasteiger partial charge in [-0.2, -0.15) is 0 Å². The fourth-order valence-corrected chi connectivity index (χ4v) is 2.05. The van der Waals surface area contributed by atoms with Gasteiger partial charge in [0.1, 0.15) is 24.4 Å². The van der Waals surface area contributed by atoms with Gasteiger partial charge < -0.3 is 35.0 Å². The van der Waals surface area contributed by atoms with Crippen molar-refractivity contribution in [2.45, 2.75) is 63.5 Å². The van der Waals surface area contributed by atoms with Crippen LogP contribution in [0.2, 0.25) is 0 Å². The highest BCUT2D eigenvalue weighted by Gasteiger charge is 2.43. The van der Waals surface area contributed by atoms with Crippen LogP contribution in [0, 0.1) is 0 Å². The summed E-state index contributed by atoms with van der Waals surface area (Å²) in [5.74, 6) is 0. The summed E-state index contributed by atoms with van der Waals surface area (Å²) in [4.78, 5) is 0. The monoisotopic (exact) mass is 306 g/mol. The molecule has 0 amide bonds. The number of ether oxygens (including phenoxy) is 2. The minimum Gasteiger partial charge on any atom is -0.394 e. The number of aliphatic hydroxyl groups excluding tert-OH is 5. The lowest BCUT2D eigenvalue weighted by Crippen LogP contribution is -2.59. The molecule has 1 saturated heterocycles. The molecule has 0 aromatic carbocycles. The minimum absolute atomic E-state index is 0.183. The molecule has 0 aliphatic carbocycles. The predicted molar refractivity (Wildman–Crippen MR) is 74.4 cm³/mol. The molecule has 0 aromatic heterocycles. The van der Waals surface area contributed by atoms with Crippen molar-refractivity contribution in [1.82, 2.24) is 0 Å². The molecule has 1 heterocycles. The quantitative estimate of drug-likeness (QED) is 0.379. The third kappa shape index (κ3) is 5.63. The summed E-state index contributed by atoms with van der Waals surface area (Å²) in [7, 11) is 0. The summed E-state index contributed by atoms with van der Waals surface area (Å²) in [5, 5.41) is 47.3. The van der Waals surface area contributed by atoms with Crippen LogP contribution in [-0.2, 0) is 9.47 Å². The zero-order valence-corrected chi connectivity index (χ0v) is 12.4. The van der Waals surface area contributed by atoms with E-state index in [1.165, 1.54) is 0 Å². The maximum atomic E-state index is 9.79. The first-order valence-electron chi connectivity index (χ1n) is 7.12. The molecule has 1 fully saturated rings. The van der Waals surface area contributed by atoms with Crippen LogP contribution in [0.4, 0.5) is 0 Å². The van der Waals surface area contributed by atoms with E-state index in [-0.39, 0.29) is 12.7 Å². The van der Waals surface area contributed by atoms with Crippen molar-refractivity contribution in [3.05, 3.63) is 11.6 Å². The molecule has 7 heteroatoms. The van der Waals surface area contributed by atoms with E-state index in [1.807, 2.05) is 13.0 Å². The van der Waals surface area contributed by atoms with Crippen molar-refractivity contribution in [1.29, 1.82) is 0 Å². The molecule has 0 saturated carbocycles. The molecular weight excluding hydrogens is 280 g/mol. The Hall–Kier alpha value is -0.540. The van der Waals surface area contributed by atoms with Crippen LogP contribution in [0.25, 0.3) is 0 Å². The Morgan fingerprint density at radius 3 is 2.48 bits per heavy atom. The normalized spacial score (nSPS) is 35.8. The molecule has 0 spiro atoms. The molecule has 1 aliphatic heterocycles. The summed E-state index contributed by atoms with van der Waals surface area (Å²) in [5.41, 5.74) is 0.896. The van der Waals surface area contributed by atoms with Crippen LogP contribution in [0.5, 0.6) is 0 Å². The fourth-order valence-electron chi connectivity index (χ4n) is 2.05. The second-order valence-corrected chi connectivity index (χ2v) is 5.49. The number of hydrogen-bond acceptors (Lipinski definition) is 7. The SMILES string of the molecule is C/C(=C\CC[C@H](C)O)CO[C@@H]1O[C@H](CO)[C@H](O)[C@H](O)[C@H]1O. The van der Waals surface area contributed by atoms with Crippen LogP contribution in [0.3, 0.4) is 0 Å². The van der Waals surface area contributed by atoms with Gasteiger partial charge in [-0.1, -0.05) is 11.6 Å². The first-order chi connectivity index (χ1) is 9.86. The molecule has 0 aromatic rings. The van der Waals surface area contributed by atoms with Gasteiger partial charge in [0.15, 0.2) is 6.29 Å². The average Bonchev–Trinajstić information content (AvgIpc) is 2.43. The van der Waals surface area contributed by atoms with E-state index in [9.17, 15) is 15.3 Å². The van der Waals surface area contributed by atoms with Crippen LogP contribution in [0.15, 0.2) is 11.6 Å². The van der Waals surface area contributed by atoms with Gasteiger partial charge in [-0.05, 0) is 26.7 Å². The second-order valence-electron chi connectivity index (χ2n) is 5.49. The predicted octanol–water partition coefficient (Wildman–Crippen LogP) is -1.09. The van der Waals surface area contributed by atoms with E-state index >= 15 is 0 Å². The molecule has 6 atom stereocenters. The molecule has 0 unspecified atom stereocenters. The van der Waals surface area contributed by atoms with Crippen molar-refractivity contribution in [2.75, 3.05) is 13.2 Å². The topological polar surface area (TPSA) is 120 Å². The van der Waals surface area contributed by atoms with Crippen molar-refractivity contribution in [3.63, 3.8) is 0 Å². The zero-order valence-electron chi connectivity index (χ0n) is 12.4. The summed E-state index contributed by atoms with van der Waals surface area (Å²) in [6.45, 7) is 3.26. The molecular formula is C14H26O7. The molecule has 0 bridgehead atoms. The third-order valence-corrected chi connectivity index (χ3v) is 3.40. The van der Waals surface area contributed by atoms with Gasteiger partial charge in [-0.3, -0.25) is 0 Å². The first kappa shape index (κ1) is 18.5. The van der Waals surface area contributed by atoms with Crippen LogP contribution in [-0.4, -0.2) is 75.6 Å². The van der Waals surface area contributed by atoms with Crippen LogP contribution in [0.1, 0.15) is 26.7 Å². The highest BCUT2D eigenvalue weighted by Crippen LogP contribution is 2.22. The average molecular weight is 306 g/mol. The zero-order chi connectivity index (χ0) is 16.0. The largest absolute Gasteiger partial charge is 0.394 e. The Morgan fingerprint density at radius 1 is 1.24 bits per heavy atom. The van der Waals surface area contributed by atoms with Gasteiger partial charge in [0.2, 0.25) is 0 Å². The molecule has 5 N–H and O–H groups in total. The molecule has 0 radical (unpaired) electrons. The smallest absolute Gasteiger partial charge is 0.187 e. The number of rotatable bonds is 7. The van der Waals surface area contributed by atoms with Gasteiger partial charge >= 0.3 is 0 Å². The minimum atomic E-state index is -1.43. The van der Waals surface area contributed by atoms with Gasteiger partial charge in [0.05, 0.1) is 19.3 Å². The van der Waals surface area contributed by atoms with E-state index in [0.29, 0.717) is 12.8 Å². The molecule has 124 valence electrons. The van der Waals surface area contributed by atoms with Gasteiger partial charge in [-0.25, -0.2) is 0 Å². The van der Waals surface area contributed by atoms with Crippen molar-refractivity contribution in [2.24, 2.45) is 0 Å². The van der Waals surface area contributed by atoms with E-state index in [2.05, 4.69) is 0 Å². The Balaban J connectivity index is 2.46. The fraction of sp³-hybridized carbons (Fsp3) is 0.857. The standard InChI is InChI=1S/C14H26O7/c1-8(4-3-5-9(2)16)7-20-14-13(19)12(18)11(17)10(6-15)21-14/h4,9-19H,3,5-7H2,1-2H3/b8-4+/t9-,10+,11-,12-,13+,14+/m0/s1. The maximum absolute atomic E-state index is 9.79. The summed E-state index contributed by atoms with van der Waals surface area (Å²) >= 11 is 0. The number of aliphatic hydroxyl groups is 5. The molecule has 1 rings (SSSR count). The van der Waals surface area contributed by atoms with Gasteiger partial charge in [0, 0.05) is 0 Å². The Morgan fingerprint density at radius 2 is 1.90 bits per heavy atom. The van der Waals surface area contributed by atoms with E-state index < -0.39 is 37.3 Å². The second kappa shape index (κ2) is 8.79. The van der Waals surface area contributed by atoms with Crippen LogP contribution < -0.4 is 0 Å².